The molecule has 0 aromatic heterocycles. The number of unbranched alkanes of at least 4 members (excludes halogenated alkanes) is 3. The zero-order chi connectivity index (χ0) is 18.7. The van der Waals surface area contributed by atoms with E-state index >= 15 is 0 Å². The average molecular weight is 510 g/mol. The number of fused-ring (bicyclic) bond motifs is 6. The number of hydrogen-bond acceptors (Lipinski definition) is 5. The van der Waals surface area contributed by atoms with Gasteiger partial charge in [-0.15, -0.1) is 0 Å². The molecule has 3 rings (SSSR count). The molecule has 4 nitrogen and oxygen atoms in total. The summed E-state index contributed by atoms with van der Waals surface area (Å²) in [6, 6.07) is 0. The Morgan fingerprint density at radius 1 is 0.769 bits per heavy atom. The van der Waals surface area contributed by atoms with Crippen LogP contribution in [0.2, 0.25) is 13.3 Å². The molecule has 0 aromatic carbocycles. The van der Waals surface area contributed by atoms with Crippen molar-refractivity contribution < 1.29 is 13.3 Å². The minimum atomic E-state index is -2.47. The van der Waals surface area contributed by atoms with Crippen LogP contribution in [0.5, 0.6) is 0 Å². The molecule has 26 heavy (non-hydrogen) atoms. The second kappa shape index (κ2) is 12.7. The van der Waals surface area contributed by atoms with Gasteiger partial charge in [0.25, 0.3) is 0 Å². The fourth-order valence-corrected chi connectivity index (χ4v) is 38.4. The first-order chi connectivity index (χ1) is 12.7. The van der Waals surface area contributed by atoms with Crippen molar-refractivity contribution in [3.8, 4) is 0 Å². The first kappa shape index (κ1) is 23.5. The van der Waals surface area contributed by atoms with Gasteiger partial charge in [0.05, 0.1) is 0 Å². The molecular weight excluding hydrogens is 469 g/mol. The summed E-state index contributed by atoms with van der Waals surface area (Å²) in [5, 5.41) is 1.03. The summed E-state index contributed by atoms with van der Waals surface area (Å²) >= 11 is -2.21. The van der Waals surface area contributed by atoms with E-state index in [0.29, 0.717) is 0 Å². The van der Waals surface area contributed by atoms with Gasteiger partial charge in [-0.2, -0.15) is 0 Å². The van der Waals surface area contributed by atoms with E-state index in [2.05, 4.69) is 34.6 Å². The molecule has 0 atom stereocenters. The van der Waals surface area contributed by atoms with Gasteiger partial charge in [-0.25, -0.2) is 0 Å². The Morgan fingerprint density at radius 3 is 1.58 bits per heavy atom. The average Bonchev–Trinajstić information content (AvgIpc) is 2.60. The van der Waals surface area contributed by atoms with Gasteiger partial charge in [-0.3, -0.25) is 0 Å². The fraction of sp³-hybridized carbons (Fsp3) is 1.00. The van der Waals surface area contributed by atoms with Crippen LogP contribution in [0.3, 0.4) is 0 Å². The van der Waals surface area contributed by atoms with Crippen LogP contribution < -0.4 is 0 Å². The molecule has 0 aromatic rings. The van der Waals surface area contributed by atoms with Crippen LogP contribution in [0.15, 0.2) is 0 Å². The molecule has 7 heteroatoms. The minimum absolute atomic E-state index is 0.786. The molecule has 0 amide bonds. The zero-order valence-electron chi connectivity index (χ0n) is 17.4. The predicted molar refractivity (Wildman–Crippen MR) is 117 cm³/mol. The molecule has 2 bridgehead atoms. The van der Waals surface area contributed by atoms with E-state index in [4.69, 9.17) is 13.3 Å². The topological polar surface area (TPSA) is 30.9 Å². The normalized spacial score (nSPS) is 27.1. The van der Waals surface area contributed by atoms with Crippen LogP contribution >= 0.6 is 8.95 Å². The van der Waals surface area contributed by atoms with Crippen LogP contribution in [0.1, 0.15) is 59.3 Å². The van der Waals surface area contributed by atoms with Crippen LogP contribution in [0, 0.1) is 0 Å². The van der Waals surface area contributed by atoms with Gasteiger partial charge in [0.2, 0.25) is 0 Å². The second-order valence-corrected chi connectivity index (χ2v) is 30.8. The van der Waals surface area contributed by atoms with Crippen molar-refractivity contribution in [2.24, 2.45) is 0 Å². The SMILES string of the molecule is CCC[CH2][Sn]([CH2]CCC)([CH2]CCC)[S]C[Si]12OCCN(CCO1)CCO2. The molecule has 0 N–H and O–H groups in total. The Labute approximate surface area is 169 Å². The predicted octanol–water partition coefficient (Wildman–Crippen LogP) is 4.92. The van der Waals surface area contributed by atoms with Gasteiger partial charge in [-0.1, -0.05) is 0 Å². The Balaban J connectivity index is 2.05. The molecule has 0 aliphatic carbocycles. The molecule has 3 heterocycles. The third kappa shape index (κ3) is 7.56. The molecule has 0 unspecified atom stereocenters. The number of nitrogens with zero attached hydrogens (tertiary/aromatic N) is 1. The monoisotopic (exact) mass is 511 g/mol. The van der Waals surface area contributed by atoms with E-state index in [1.807, 2.05) is 0 Å². The fourth-order valence-electron chi connectivity index (χ4n) is 3.91. The Morgan fingerprint density at radius 2 is 1.19 bits per heavy atom. The number of rotatable bonds is 12. The van der Waals surface area contributed by atoms with Crippen molar-refractivity contribution in [2.45, 2.75) is 72.6 Å². The third-order valence-electron chi connectivity index (χ3n) is 5.70. The van der Waals surface area contributed by atoms with Gasteiger partial charge in [0, 0.05) is 0 Å². The summed E-state index contributed by atoms with van der Waals surface area (Å²) in [5.41, 5.74) is 0. The zero-order valence-corrected chi connectivity index (χ0v) is 22.1. The van der Waals surface area contributed by atoms with E-state index in [1.54, 1.807) is 0 Å². The van der Waals surface area contributed by atoms with E-state index in [1.165, 1.54) is 51.8 Å². The Kier molecular flexibility index (Phi) is 11.5. The van der Waals surface area contributed by atoms with Crippen molar-refractivity contribution in [3.05, 3.63) is 0 Å². The van der Waals surface area contributed by atoms with Crippen LogP contribution in [0.4, 0.5) is 0 Å². The summed E-state index contributed by atoms with van der Waals surface area (Å²) in [4.78, 5) is 2.40. The van der Waals surface area contributed by atoms with Gasteiger partial charge in [0.1, 0.15) is 0 Å². The Bertz CT molecular complexity index is 343. The van der Waals surface area contributed by atoms with Crippen LogP contribution in [0.25, 0.3) is 0 Å². The van der Waals surface area contributed by atoms with Crippen molar-refractivity contribution in [1.82, 2.24) is 4.90 Å². The standard InChI is InChI=1S/C7H15NO3SSi.3C4H9.Sn/c12-7-13-9-4-1-8(2-5-10-13)3-6-11-13;3*1-3-4-2;/h12H,1-7H2;3*1,3-4H2,2H3;/q;;;;+1/p-1. The van der Waals surface area contributed by atoms with Crippen molar-refractivity contribution >= 4 is 34.7 Å². The van der Waals surface area contributed by atoms with Crippen molar-refractivity contribution in [2.75, 3.05) is 44.8 Å². The molecule has 154 valence electrons. The van der Waals surface area contributed by atoms with E-state index in [-0.39, 0.29) is 0 Å². The molecule has 3 aliphatic heterocycles. The molecule has 3 saturated heterocycles. The molecule has 0 saturated carbocycles. The van der Waals surface area contributed by atoms with Gasteiger partial charge >= 0.3 is 170 Å². The molecule has 3 aliphatic rings. The molecular formula is C19H41NO3SSiSn. The van der Waals surface area contributed by atoms with E-state index in [0.717, 1.165) is 44.8 Å². The van der Waals surface area contributed by atoms with Crippen molar-refractivity contribution in [1.29, 1.82) is 0 Å². The van der Waals surface area contributed by atoms with Gasteiger partial charge in [0.15, 0.2) is 0 Å². The first-order valence-corrected chi connectivity index (χ1v) is 23.4. The number of hydrogen-bond donors (Lipinski definition) is 0. The van der Waals surface area contributed by atoms with Crippen molar-refractivity contribution in [3.63, 3.8) is 0 Å². The van der Waals surface area contributed by atoms with Crippen LogP contribution in [-0.4, -0.2) is 75.5 Å². The maximum absolute atomic E-state index is 6.32. The molecule has 0 spiro atoms. The molecule has 3 fully saturated rings. The first-order valence-electron chi connectivity index (χ1n) is 11.0. The van der Waals surface area contributed by atoms with E-state index < -0.39 is 25.8 Å². The Hall–Kier alpha value is 1.21. The third-order valence-corrected chi connectivity index (χ3v) is 34.1. The molecule has 0 radical (unpaired) electrons. The summed E-state index contributed by atoms with van der Waals surface area (Å²) in [7, 11) is -0.115. The maximum atomic E-state index is 6.32. The van der Waals surface area contributed by atoms with Crippen LogP contribution in [-0.2, 0) is 13.3 Å². The summed E-state index contributed by atoms with van der Waals surface area (Å²) in [6.45, 7) is 12.5. The van der Waals surface area contributed by atoms with Gasteiger partial charge in [-0.05, 0) is 0 Å². The van der Waals surface area contributed by atoms with E-state index in [9.17, 15) is 0 Å². The second-order valence-electron chi connectivity index (χ2n) is 7.85. The summed E-state index contributed by atoms with van der Waals surface area (Å²) < 4.78 is 23.6. The van der Waals surface area contributed by atoms with Gasteiger partial charge < -0.3 is 0 Å². The summed E-state index contributed by atoms with van der Waals surface area (Å²) in [6.07, 6.45) is 8.26. The summed E-state index contributed by atoms with van der Waals surface area (Å²) in [5.74, 6) is 0. The quantitative estimate of drug-likeness (QED) is 0.348.